The van der Waals surface area contributed by atoms with Gasteiger partial charge in [0.2, 0.25) is 10.0 Å². The summed E-state index contributed by atoms with van der Waals surface area (Å²) in [5, 5.41) is 12.0. The first kappa shape index (κ1) is 16.7. The summed E-state index contributed by atoms with van der Waals surface area (Å²) in [4.78, 5) is 11.8. The SMILES string of the molecule is CC=CCC(CO)NS(=O)(=O)c1ccc2c(c1)C(=O)NCC2. The molecule has 1 unspecified atom stereocenters. The number of amides is 1. The quantitative estimate of drug-likeness (QED) is 0.667. The topological polar surface area (TPSA) is 95.5 Å². The molecule has 0 saturated carbocycles. The lowest BCUT2D eigenvalue weighted by atomic mass is 10.0. The lowest BCUT2D eigenvalue weighted by Crippen LogP contribution is -2.37. The van der Waals surface area contributed by atoms with E-state index in [4.69, 9.17) is 0 Å². The van der Waals surface area contributed by atoms with Crippen molar-refractivity contribution in [3.63, 3.8) is 0 Å². The molecule has 3 N–H and O–H groups in total. The largest absolute Gasteiger partial charge is 0.395 e. The van der Waals surface area contributed by atoms with E-state index < -0.39 is 16.1 Å². The number of rotatable bonds is 6. The molecule has 1 aromatic rings. The third-order valence-corrected chi connectivity index (χ3v) is 5.03. The Morgan fingerprint density at radius 1 is 1.45 bits per heavy atom. The molecule has 1 amide bonds. The van der Waals surface area contributed by atoms with E-state index in [1.54, 1.807) is 18.2 Å². The Labute approximate surface area is 130 Å². The number of benzene rings is 1. The van der Waals surface area contributed by atoms with Crippen LogP contribution in [0.5, 0.6) is 0 Å². The second-order valence-electron chi connectivity index (χ2n) is 5.13. The van der Waals surface area contributed by atoms with Crippen molar-refractivity contribution in [1.29, 1.82) is 0 Å². The van der Waals surface area contributed by atoms with E-state index in [1.807, 2.05) is 6.92 Å². The number of hydrogen-bond donors (Lipinski definition) is 3. The minimum Gasteiger partial charge on any atom is -0.395 e. The van der Waals surface area contributed by atoms with Crippen molar-refractivity contribution in [3.8, 4) is 0 Å². The summed E-state index contributed by atoms with van der Waals surface area (Å²) in [6, 6.07) is 3.95. The fraction of sp³-hybridized carbons (Fsp3) is 0.400. The predicted octanol–water partition coefficient (Wildman–Crippen LogP) is 0.578. The summed E-state index contributed by atoms with van der Waals surface area (Å²) in [6.07, 6.45) is 4.66. The van der Waals surface area contributed by atoms with E-state index in [1.165, 1.54) is 12.1 Å². The number of aliphatic hydroxyl groups is 1. The smallest absolute Gasteiger partial charge is 0.251 e. The van der Waals surface area contributed by atoms with Gasteiger partial charge in [-0.15, -0.1) is 0 Å². The number of fused-ring (bicyclic) bond motifs is 1. The molecule has 0 aromatic heterocycles. The van der Waals surface area contributed by atoms with Gasteiger partial charge in [-0.1, -0.05) is 18.2 Å². The van der Waals surface area contributed by atoms with Gasteiger partial charge < -0.3 is 10.4 Å². The molecular weight excluding hydrogens is 304 g/mol. The molecule has 22 heavy (non-hydrogen) atoms. The van der Waals surface area contributed by atoms with Gasteiger partial charge in [0, 0.05) is 18.2 Å². The molecule has 0 spiro atoms. The maximum atomic E-state index is 12.4. The minimum absolute atomic E-state index is 0.0298. The normalized spacial score (nSPS) is 16.4. The standard InChI is InChI=1S/C15H20N2O4S/c1-2-3-4-12(10-18)17-22(20,21)13-6-5-11-7-8-16-15(19)14(11)9-13/h2-3,5-6,9,12,17-18H,4,7-8,10H2,1H3,(H,16,19). The van der Waals surface area contributed by atoms with Crippen LogP contribution < -0.4 is 10.0 Å². The number of carbonyl (C=O) groups excluding carboxylic acids is 1. The fourth-order valence-electron chi connectivity index (χ4n) is 2.31. The van der Waals surface area contributed by atoms with Crippen LogP contribution in [0.25, 0.3) is 0 Å². The Balaban J connectivity index is 2.26. The van der Waals surface area contributed by atoms with Crippen LogP contribution >= 0.6 is 0 Å². The zero-order valence-corrected chi connectivity index (χ0v) is 13.2. The summed E-state index contributed by atoms with van der Waals surface area (Å²) >= 11 is 0. The molecule has 0 radical (unpaired) electrons. The van der Waals surface area contributed by atoms with Crippen molar-refractivity contribution in [2.24, 2.45) is 0 Å². The van der Waals surface area contributed by atoms with Crippen molar-refractivity contribution >= 4 is 15.9 Å². The van der Waals surface area contributed by atoms with Crippen LogP contribution in [0.15, 0.2) is 35.2 Å². The van der Waals surface area contributed by atoms with Crippen LogP contribution in [0.4, 0.5) is 0 Å². The number of sulfonamides is 1. The van der Waals surface area contributed by atoms with Crippen molar-refractivity contribution in [2.75, 3.05) is 13.2 Å². The van der Waals surface area contributed by atoms with Gasteiger partial charge in [-0.3, -0.25) is 4.79 Å². The molecule has 1 aromatic carbocycles. The monoisotopic (exact) mass is 324 g/mol. The van der Waals surface area contributed by atoms with Crippen LogP contribution in [-0.4, -0.2) is 38.6 Å². The van der Waals surface area contributed by atoms with Gasteiger partial charge in [-0.05, 0) is 37.5 Å². The molecule has 1 atom stereocenters. The van der Waals surface area contributed by atoms with E-state index >= 15 is 0 Å². The Morgan fingerprint density at radius 2 is 2.23 bits per heavy atom. The maximum Gasteiger partial charge on any atom is 0.251 e. The summed E-state index contributed by atoms with van der Waals surface area (Å²) < 4.78 is 27.2. The van der Waals surface area contributed by atoms with E-state index in [0.29, 0.717) is 24.9 Å². The molecule has 1 aliphatic rings. The first-order valence-electron chi connectivity index (χ1n) is 7.13. The lowest BCUT2D eigenvalue weighted by Gasteiger charge is -2.19. The minimum atomic E-state index is -3.78. The number of allylic oxidation sites excluding steroid dienone is 1. The highest BCUT2D eigenvalue weighted by molar-refractivity contribution is 7.89. The van der Waals surface area contributed by atoms with Crippen LogP contribution in [0.2, 0.25) is 0 Å². The van der Waals surface area contributed by atoms with Crippen LogP contribution in [-0.2, 0) is 16.4 Å². The lowest BCUT2D eigenvalue weighted by molar-refractivity contribution is 0.0945. The second-order valence-corrected chi connectivity index (χ2v) is 6.84. The first-order chi connectivity index (χ1) is 10.5. The Hall–Kier alpha value is -1.70. The molecular formula is C15H20N2O4S. The average molecular weight is 324 g/mol. The Morgan fingerprint density at radius 3 is 2.91 bits per heavy atom. The zero-order chi connectivity index (χ0) is 16.2. The van der Waals surface area contributed by atoms with Crippen LogP contribution in [0, 0.1) is 0 Å². The van der Waals surface area contributed by atoms with Gasteiger partial charge in [0.05, 0.1) is 11.5 Å². The molecule has 7 heteroatoms. The van der Waals surface area contributed by atoms with E-state index in [9.17, 15) is 18.3 Å². The number of nitrogens with one attached hydrogen (secondary N) is 2. The highest BCUT2D eigenvalue weighted by atomic mass is 32.2. The highest BCUT2D eigenvalue weighted by Gasteiger charge is 2.23. The van der Waals surface area contributed by atoms with Gasteiger partial charge in [0.15, 0.2) is 0 Å². The third kappa shape index (κ3) is 3.73. The van der Waals surface area contributed by atoms with Crippen molar-refractivity contribution in [3.05, 3.63) is 41.5 Å². The highest BCUT2D eigenvalue weighted by Crippen LogP contribution is 2.19. The molecule has 120 valence electrons. The number of carbonyl (C=O) groups is 1. The summed E-state index contributed by atoms with van der Waals surface area (Å²) in [5.41, 5.74) is 1.23. The van der Waals surface area contributed by atoms with Gasteiger partial charge >= 0.3 is 0 Å². The Bertz CT molecular complexity index is 683. The van der Waals surface area contributed by atoms with Gasteiger partial charge in [-0.2, -0.15) is 0 Å². The van der Waals surface area contributed by atoms with Gasteiger partial charge in [0.1, 0.15) is 0 Å². The molecule has 0 saturated heterocycles. The van der Waals surface area contributed by atoms with E-state index in [0.717, 1.165) is 5.56 Å². The van der Waals surface area contributed by atoms with E-state index in [2.05, 4.69) is 10.0 Å². The summed E-state index contributed by atoms with van der Waals surface area (Å²) in [5.74, 6) is -0.258. The molecule has 1 heterocycles. The molecule has 0 aliphatic carbocycles. The molecule has 2 rings (SSSR count). The second kappa shape index (κ2) is 7.04. The fourth-order valence-corrected chi connectivity index (χ4v) is 3.57. The Kier molecular flexibility index (Phi) is 5.33. The zero-order valence-electron chi connectivity index (χ0n) is 12.4. The van der Waals surface area contributed by atoms with Gasteiger partial charge in [0.25, 0.3) is 5.91 Å². The number of hydrogen-bond acceptors (Lipinski definition) is 4. The van der Waals surface area contributed by atoms with Crippen molar-refractivity contribution < 1.29 is 18.3 Å². The predicted molar refractivity (Wildman–Crippen MR) is 83.1 cm³/mol. The van der Waals surface area contributed by atoms with Crippen molar-refractivity contribution in [1.82, 2.24) is 10.0 Å². The number of aliphatic hydroxyl groups excluding tert-OH is 1. The molecule has 1 aliphatic heterocycles. The van der Waals surface area contributed by atoms with Crippen molar-refractivity contribution in [2.45, 2.75) is 30.7 Å². The molecule has 6 nitrogen and oxygen atoms in total. The average Bonchev–Trinajstić information content (AvgIpc) is 2.51. The first-order valence-corrected chi connectivity index (χ1v) is 8.61. The maximum absolute atomic E-state index is 12.4. The third-order valence-electron chi connectivity index (χ3n) is 3.51. The van der Waals surface area contributed by atoms with E-state index in [-0.39, 0.29) is 17.4 Å². The molecule has 0 fully saturated rings. The summed E-state index contributed by atoms with van der Waals surface area (Å²) in [7, 11) is -3.78. The van der Waals surface area contributed by atoms with Gasteiger partial charge in [-0.25, -0.2) is 13.1 Å². The molecule has 0 bridgehead atoms. The van der Waals surface area contributed by atoms with Crippen LogP contribution in [0.3, 0.4) is 0 Å². The van der Waals surface area contributed by atoms with Crippen LogP contribution in [0.1, 0.15) is 29.3 Å². The summed E-state index contributed by atoms with van der Waals surface area (Å²) in [6.45, 7) is 2.09.